The van der Waals surface area contributed by atoms with E-state index in [2.05, 4.69) is 21.2 Å². The number of nitrogens with one attached hydrogen (secondary N) is 1. The van der Waals surface area contributed by atoms with Crippen LogP contribution in [-0.2, 0) is 0 Å². The van der Waals surface area contributed by atoms with E-state index in [1.165, 1.54) is 18.2 Å². The zero-order valence-electron chi connectivity index (χ0n) is 15.3. The molecule has 144 valence electrons. The van der Waals surface area contributed by atoms with Gasteiger partial charge < -0.3 is 5.32 Å². The fraction of sp³-hybridized carbons (Fsp3) is 0.0435. The van der Waals surface area contributed by atoms with E-state index in [4.69, 9.17) is 16.6 Å². The van der Waals surface area contributed by atoms with Gasteiger partial charge in [-0.3, -0.25) is 4.79 Å². The van der Waals surface area contributed by atoms with E-state index in [9.17, 15) is 9.18 Å². The highest BCUT2D eigenvalue weighted by Gasteiger charge is 2.20. The van der Waals surface area contributed by atoms with E-state index in [0.29, 0.717) is 27.7 Å². The molecule has 29 heavy (non-hydrogen) atoms. The molecular formula is C23H15BrClFN2O. The molecule has 1 aromatic heterocycles. The number of fused-ring (bicyclic) bond motifs is 1. The molecule has 6 heteroatoms. The second-order valence-corrected chi connectivity index (χ2v) is 7.92. The molecule has 0 fully saturated rings. The molecule has 3 aromatic carbocycles. The lowest BCUT2D eigenvalue weighted by Crippen LogP contribution is -2.16. The SMILES string of the molecule is Cc1c(-c2ccccc2)nc2ccc(Br)cc2c1C(=O)Nc1ccc(Cl)cc1F. The van der Waals surface area contributed by atoms with Crippen molar-refractivity contribution < 1.29 is 9.18 Å². The number of halogens is 3. The number of rotatable bonds is 3. The zero-order chi connectivity index (χ0) is 20.5. The standard InChI is InChI=1S/C23H15BrClFN2O/c1-13-21(23(29)28-20-10-8-16(25)12-18(20)26)17-11-15(24)7-9-19(17)27-22(13)14-5-3-2-4-6-14/h2-12H,1H3,(H,28,29). The molecule has 3 nitrogen and oxygen atoms in total. The summed E-state index contributed by atoms with van der Waals surface area (Å²) in [6.07, 6.45) is 0. The molecule has 1 N–H and O–H groups in total. The van der Waals surface area contributed by atoms with Crippen molar-refractivity contribution >= 4 is 50.0 Å². The van der Waals surface area contributed by atoms with Crippen molar-refractivity contribution in [1.82, 2.24) is 4.98 Å². The largest absolute Gasteiger partial charge is 0.319 e. The maximum absolute atomic E-state index is 14.2. The molecule has 0 aliphatic heterocycles. The molecule has 0 bridgehead atoms. The van der Waals surface area contributed by atoms with Gasteiger partial charge in [0.25, 0.3) is 5.91 Å². The van der Waals surface area contributed by atoms with Crippen LogP contribution in [0.4, 0.5) is 10.1 Å². The molecule has 4 rings (SSSR count). The fourth-order valence-electron chi connectivity index (χ4n) is 3.28. The summed E-state index contributed by atoms with van der Waals surface area (Å²) in [5, 5.41) is 3.62. The minimum atomic E-state index is -0.591. The Morgan fingerprint density at radius 2 is 1.83 bits per heavy atom. The summed E-state index contributed by atoms with van der Waals surface area (Å²) >= 11 is 9.27. The van der Waals surface area contributed by atoms with Crippen LogP contribution in [0, 0.1) is 12.7 Å². The Morgan fingerprint density at radius 1 is 1.07 bits per heavy atom. The number of carbonyl (C=O) groups is 1. The smallest absolute Gasteiger partial charge is 0.256 e. The number of anilines is 1. The van der Waals surface area contributed by atoms with Crippen LogP contribution in [-0.4, -0.2) is 10.9 Å². The van der Waals surface area contributed by atoms with Gasteiger partial charge in [-0.05, 0) is 48.9 Å². The summed E-state index contributed by atoms with van der Waals surface area (Å²) in [6.45, 7) is 1.85. The van der Waals surface area contributed by atoms with Gasteiger partial charge in [-0.25, -0.2) is 9.37 Å². The first-order valence-electron chi connectivity index (χ1n) is 8.86. The lowest BCUT2D eigenvalue weighted by atomic mass is 9.97. The van der Waals surface area contributed by atoms with Crippen molar-refractivity contribution in [2.24, 2.45) is 0 Å². The van der Waals surface area contributed by atoms with E-state index in [1.807, 2.05) is 55.5 Å². The van der Waals surface area contributed by atoms with Crippen LogP contribution in [0.1, 0.15) is 15.9 Å². The van der Waals surface area contributed by atoms with Crippen molar-refractivity contribution in [3.63, 3.8) is 0 Å². The van der Waals surface area contributed by atoms with Gasteiger partial charge in [0.15, 0.2) is 0 Å². The number of pyridine rings is 1. The monoisotopic (exact) mass is 468 g/mol. The maximum Gasteiger partial charge on any atom is 0.256 e. The number of amides is 1. The molecule has 0 saturated heterocycles. The van der Waals surface area contributed by atoms with Crippen molar-refractivity contribution in [3.8, 4) is 11.3 Å². The van der Waals surface area contributed by atoms with Gasteiger partial charge in [0.1, 0.15) is 5.82 Å². The van der Waals surface area contributed by atoms with Crippen molar-refractivity contribution in [2.75, 3.05) is 5.32 Å². The van der Waals surface area contributed by atoms with Crippen LogP contribution in [0.3, 0.4) is 0 Å². The van der Waals surface area contributed by atoms with Gasteiger partial charge >= 0.3 is 0 Å². The molecular weight excluding hydrogens is 455 g/mol. The Bertz CT molecular complexity index is 1240. The van der Waals surface area contributed by atoms with E-state index in [0.717, 1.165) is 10.0 Å². The van der Waals surface area contributed by atoms with Gasteiger partial charge in [-0.15, -0.1) is 0 Å². The average Bonchev–Trinajstić information content (AvgIpc) is 2.70. The maximum atomic E-state index is 14.2. The van der Waals surface area contributed by atoms with Crippen molar-refractivity contribution in [2.45, 2.75) is 6.92 Å². The minimum Gasteiger partial charge on any atom is -0.319 e. The number of nitrogens with zero attached hydrogens (tertiary/aromatic N) is 1. The Hall–Kier alpha value is -2.76. The minimum absolute atomic E-state index is 0.0695. The van der Waals surface area contributed by atoms with Crippen LogP contribution < -0.4 is 5.32 Å². The van der Waals surface area contributed by atoms with E-state index in [-0.39, 0.29) is 10.7 Å². The molecule has 1 heterocycles. The van der Waals surface area contributed by atoms with E-state index < -0.39 is 11.7 Å². The van der Waals surface area contributed by atoms with E-state index in [1.54, 1.807) is 0 Å². The fourth-order valence-corrected chi connectivity index (χ4v) is 3.80. The first-order valence-corrected chi connectivity index (χ1v) is 10.0. The molecule has 0 spiro atoms. The summed E-state index contributed by atoms with van der Waals surface area (Å²) in [4.78, 5) is 18.0. The predicted octanol–water partition coefficient (Wildman–Crippen LogP) is 7.02. The Labute approximate surface area is 180 Å². The van der Waals surface area contributed by atoms with Gasteiger partial charge in [-0.2, -0.15) is 0 Å². The van der Waals surface area contributed by atoms with Crippen LogP contribution in [0.2, 0.25) is 5.02 Å². The molecule has 0 aliphatic carbocycles. The summed E-state index contributed by atoms with van der Waals surface area (Å²) < 4.78 is 15.1. The molecule has 1 amide bonds. The third-order valence-electron chi connectivity index (χ3n) is 4.64. The van der Waals surface area contributed by atoms with Crippen LogP contribution in [0.5, 0.6) is 0 Å². The second-order valence-electron chi connectivity index (χ2n) is 6.57. The Balaban J connectivity index is 1.90. The predicted molar refractivity (Wildman–Crippen MR) is 119 cm³/mol. The summed E-state index contributed by atoms with van der Waals surface area (Å²) in [6, 6.07) is 19.4. The van der Waals surface area contributed by atoms with Gasteiger partial charge in [-0.1, -0.05) is 57.9 Å². The summed E-state index contributed by atoms with van der Waals surface area (Å²) in [7, 11) is 0. The first-order chi connectivity index (χ1) is 13.9. The van der Waals surface area contributed by atoms with Crippen molar-refractivity contribution in [3.05, 3.63) is 93.2 Å². The number of hydrogen-bond donors (Lipinski definition) is 1. The topological polar surface area (TPSA) is 42.0 Å². The van der Waals surface area contributed by atoms with Crippen LogP contribution in [0.25, 0.3) is 22.2 Å². The highest BCUT2D eigenvalue weighted by atomic mass is 79.9. The van der Waals surface area contributed by atoms with Gasteiger partial charge in [0, 0.05) is 20.4 Å². The average molecular weight is 470 g/mol. The quantitative estimate of drug-likeness (QED) is 0.350. The van der Waals surface area contributed by atoms with Crippen molar-refractivity contribution in [1.29, 1.82) is 0 Å². The molecule has 0 unspecified atom stereocenters. The molecule has 0 aliphatic rings. The summed E-state index contributed by atoms with van der Waals surface area (Å²) in [5.74, 6) is -1.00. The van der Waals surface area contributed by atoms with Crippen LogP contribution in [0.15, 0.2) is 71.2 Å². The number of carbonyl (C=O) groups excluding carboxylic acids is 1. The van der Waals surface area contributed by atoms with Gasteiger partial charge in [0.05, 0.1) is 22.5 Å². The van der Waals surface area contributed by atoms with E-state index >= 15 is 0 Å². The normalized spacial score (nSPS) is 10.9. The highest BCUT2D eigenvalue weighted by molar-refractivity contribution is 9.10. The lowest BCUT2D eigenvalue weighted by molar-refractivity contribution is 0.102. The third-order valence-corrected chi connectivity index (χ3v) is 5.37. The molecule has 0 saturated carbocycles. The number of benzene rings is 3. The Morgan fingerprint density at radius 3 is 2.55 bits per heavy atom. The molecule has 4 aromatic rings. The lowest BCUT2D eigenvalue weighted by Gasteiger charge is -2.15. The summed E-state index contributed by atoms with van der Waals surface area (Å²) in [5.41, 5.74) is 3.53. The number of hydrogen-bond acceptors (Lipinski definition) is 2. The molecule has 0 radical (unpaired) electrons. The Kier molecular flexibility index (Phi) is 5.35. The third kappa shape index (κ3) is 3.88. The zero-order valence-corrected chi connectivity index (χ0v) is 17.7. The number of aromatic nitrogens is 1. The first kappa shape index (κ1) is 19.6. The highest BCUT2D eigenvalue weighted by Crippen LogP contribution is 2.32. The second kappa shape index (κ2) is 7.93. The molecule has 0 atom stereocenters. The van der Waals surface area contributed by atoms with Gasteiger partial charge in [0.2, 0.25) is 0 Å². The van der Waals surface area contributed by atoms with Crippen LogP contribution >= 0.6 is 27.5 Å².